The zero-order valence-corrected chi connectivity index (χ0v) is 11.3. The Morgan fingerprint density at radius 2 is 1.85 bits per heavy atom. The molecule has 2 aromatic rings. The van der Waals surface area contributed by atoms with E-state index in [1.807, 2.05) is 13.2 Å². The molecule has 1 aromatic heterocycles. The highest BCUT2D eigenvalue weighted by Crippen LogP contribution is 2.09. The molecule has 6 heteroatoms. The van der Waals surface area contributed by atoms with Crippen LogP contribution in [-0.4, -0.2) is 38.7 Å². The number of aromatic carboxylic acids is 1. The Morgan fingerprint density at radius 1 is 1.25 bits per heavy atom. The largest absolute Gasteiger partial charge is 0.478 e. The van der Waals surface area contributed by atoms with Crippen LogP contribution in [0.2, 0.25) is 0 Å². The van der Waals surface area contributed by atoms with Crippen molar-refractivity contribution in [2.75, 3.05) is 7.05 Å². The van der Waals surface area contributed by atoms with Crippen LogP contribution in [0, 0.1) is 0 Å². The molecule has 0 aliphatic rings. The van der Waals surface area contributed by atoms with Crippen molar-refractivity contribution in [2.24, 2.45) is 7.05 Å². The molecule has 0 aliphatic heterocycles. The van der Waals surface area contributed by atoms with Gasteiger partial charge in [-0.1, -0.05) is 0 Å². The van der Waals surface area contributed by atoms with Crippen molar-refractivity contribution < 1.29 is 14.7 Å². The molecule has 0 saturated carbocycles. The molecule has 0 aliphatic carbocycles. The zero-order valence-electron chi connectivity index (χ0n) is 11.3. The fourth-order valence-electron chi connectivity index (χ4n) is 1.87. The van der Waals surface area contributed by atoms with E-state index in [2.05, 4.69) is 5.10 Å². The quantitative estimate of drug-likeness (QED) is 0.913. The molecule has 104 valence electrons. The van der Waals surface area contributed by atoms with Gasteiger partial charge in [0, 0.05) is 38.0 Å². The summed E-state index contributed by atoms with van der Waals surface area (Å²) in [5.74, 6) is -1.17. The highest BCUT2D eigenvalue weighted by Gasteiger charge is 2.13. The van der Waals surface area contributed by atoms with Gasteiger partial charge in [-0.2, -0.15) is 5.10 Å². The molecule has 0 fully saturated rings. The van der Waals surface area contributed by atoms with Crippen molar-refractivity contribution in [3.05, 3.63) is 53.3 Å². The van der Waals surface area contributed by atoms with Gasteiger partial charge in [0.2, 0.25) is 0 Å². The van der Waals surface area contributed by atoms with Crippen LogP contribution >= 0.6 is 0 Å². The maximum absolute atomic E-state index is 12.2. The predicted molar refractivity (Wildman–Crippen MR) is 72.4 cm³/mol. The molecule has 2 rings (SSSR count). The fraction of sp³-hybridized carbons (Fsp3) is 0.214. The Balaban J connectivity index is 2.08. The van der Waals surface area contributed by atoms with Gasteiger partial charge in [0.15, 0.2) is 0 Å². The first-order valence-corrected chi connectivity index (χ1v) is 6.03. The van der Waals surface area contributed by atoms with Crippen LogP contribution in [0.15, 0.2) is 36.7 Å². The molecule has 0 atom stereocenters. The number of carboxylic acid groups (broad SMARTS) is 1. The molecule has 0 unspecified atom stereocenters. The zero-order chi connectivity index (χ0) is 14.7. The van der Waals surface area contributed by atoms with Gasteiger partial charge in [-0.05, 0) is 24.3 Å². The van der Waals surface area contributed by atoms with Crippen LogP contribution in [-0.2, 0) is 13.6 Å². The van der Waals surface area contributed by atoms with E-state index in [0.29, 0.717) is 12.1 Å². The van der Waals surface area contributed by atoms with Crippen LogP contribution in [0.1, 0.15) is 26.3 Å². The van der Waals surface area contributed by atoms with Gasteiger partial charge in [0.25, 0.3) is 5.91 Å². The number of hydrogen-bond donors (Lipinski definition) is 1. The van der Waals surface area contributed by atoms with Crippen LogP contribution in [0.5, 0.6) is 0 Å². The molecule has 1 aromatic carbocycles. The van der Waals surface area contributed by atoms with E-state index in [1.165, 1.54) is 24.3 Å². The summed E-state index contributed by atoms with van der Waals surface area (Å²) in [6.07, 6.45) is 3.55. The Labute approximate surface area is 116 Å². The third kappa shape index (κ3) is 3.03. The molecule has 0 bridgehead atoms. The molecule has 1 N–H and O–H groups in total. The lowest BCUT2D eigenvalue weighted by Crippen LogP contribution is -2.26. The lowest BCUT2D eigenvalue weighted by molar-refractivity contribution is 0.0695. The Bertz CT molecular complexity index is 631. The van der Waals surface area contributed by atoms with Gasteiger partial charge in [0.1, 0.15) is 0 Å². The number of rotatable bonds is 4. The normalized spacial score (nSPS) is 10.3. The van der Waals surface area contributed by atoms with E-state index in [9.17, 15) is 9.59 Å². The average Bonchev–Trinajstić information content (AvgIpc) is 2.83. The molecule has 0 radical (unpaired) electrons. The molecule has 20 heavy (non-hydrogen) atoms. The number of aromatic nitrogens is 2. The summed E-state index contributed by atoms with van der Waals surface area (Å²) in [5.41, 5.74) is 1.56. The number of aryl methyl sites for hydroxylation is 1. The summed E-state index contributed by atoms with van der Waals surface area (Å²) in [4.78, 5) is 24.5. The molecule has 0 saturated heterocycles. The number of nitrogens with zero attached hydrogens (tertiary/aromatic N) is 3. The molecule has 0 spiro atoms. The van der Waals surface area contributed by atoms with Gasteiger partial charge in [-0.3, -0.25) is 9.48 Å². The van der Waals surface area contributed by atoms with Crippen molar-refractivity contribution in [2.45, 2.75) is 6.54 Å². The summed E-state index contributed by atoms with van der Waals surface area (Å²) in [5, 5.41) is 12.9. The van der Waals surface area contributed by atoms with Crippen molar-refractivity contribution in [1.82, 2.24) is 14.7 Å². The molecule has 1 heterocycles. The second kappa shape index (κ2) is 5.56. The number of hydrogen-bond acceptors (Lipinski definition) is 3. The van der Waals surface area contributed by atoms with Crippen molar-refractivity contribution in [1.29, 1.82) is 0 Å². The van der Waals surface area contributed by atoms with Crippen LogP contribution in [0.3, 0.4) is 0 Å². The fourth-order valence-corrected chi connectivity index (χ4v) is 1.87. The highest BCUT2D eigenvalue weighted by atomic mass is 16.4. The standard InChI is InChI=1S/C14H15N3O3/c1-16(8-10-7-15-17(2)9-10)13(18)11-3-5-12(6-4-11)14(19)20/h3-7,9H,8H2,1-2H3,(H,19,20). The van der Waals surface area contributed by atoms with Crippen LogP contribution < -0.4 is 0 Å². The van der Waals surface area contributed by atoms with Gasteiger partial charge in [0.05, 0.1) is 11.8 Å². The summed E-state index contributed by atoms with van der Waals surface area (Å²) in [6, 6.07) is 5.89. The van der Waals surface area contributed by atoms with Crippen LogP contribution in [0.25, 0.3) is 0 Å². The lowest BCUT2D eigenvalue weighted by atomic mass is 10.1. The van der Waals surface area contributed by atoms with E-state index >= 15 is 0 Å². The average molecular weight is 273 g/mol. The molecular weight excluding hydrogens is 258 g/mol. The van der Waals surface area contributed by atoms with Crippen molar-refractivity contribution in [3.63, 3.8) is 0 Å². The monoisotopic (exact) mass is 273 g/mol. The van der Waals surface area contributed by atoms with Gasteiger partial charge < -0.3 is 10.0 Å². The topological polar surface area (TPSA) is 75.4 Å². The maximum atomic E-state index is 12.2. The first kappa shape index (κ1) is 13.8. The number of benzene rings is 1. The van der Waals surface area contributed by atoms with E-state index in [1.54, 1.807) is 22.8 Å². The first-order valence-electron chi connectivity index (χ1n) is 6.03. The minimum atomic E-state index is -1.01. The maximum Gasteiger partial charge on any atom is 0.335 e. The van der Waals surface area contributed by atoms with Crippen molar-refractivity contribution >= 4 is 11.9 Å². The summed E-state index contributed by atoms with van der Waals surface area (Å²) in [7, 11) is 3.51. The third-order valence-electron chi connectivity index (χ3n) is 2.90. The number of carboxylic acids is 1. The minimum Gasteiger partial charge on any atom is -0.478 e. The smallest absolute Gasteiger partial charge is 0.335 e. The summed E-state index contributed by atoms with van der Waals surface area (Å²) >= 11 is 0. The molecule has 6 nitrogen and oxygen atoms in total. The molecular formula is C14H15N3O3. The van der Waals surface area contributed by atoms with E-state index in [4.69, 9.17) is 5.11 Å². The van der Waals surface area contributed by atoms with Gasteiger partial charge in [-0.25, -0.2) is 4.79 Å². The van der Waals surface area contributed by atoms with Crippen LogP contribution in [0.4, 0.5) is 0 Å². The predicted octanol–water partition coefficient (Wildman–Crippen LogP) is 1.39. The lowest BCUT2D eigenvalue weighted by Gasteiger charge is -2.16. The van der Waals surface area contributed by atoms with E-state index < -0.39 is 5.97 Å². The minimum absolute atomic E-state index is 0.161. The van der Waals surface area contributed by atoms with E-state index in [-0.39, 0.29) is 11.5 Å². The van der Waals surface area contributed by atoms with Gasteiger partial charge in [-0.15, -0.1) is 0 Å². The molecule has 1 amide bonds. The Hall–Kier alpha value is -2.63. The Morgan fingerprint density at radius 3 is 2.35 bits per heavy atom. The summed E-state index contributed by atoms with van der Waals surface area (Å²) < 4.78 is 1.68. The number of amides is 1. The summed E-state index contributed by atoms with van der Waals surface area (Å²) in [6.45, 7) is 0.452. The second-order valence-corrected chi connectivity index (χ2v) is 4.57. The van der Waals surface area contributed by atoms with E-state index in [0.717, 1.165) is 5.56 Å². The Kier molecular flexibility index (Phi) is 3.84. The third-order valence-corrected chi connectivity index (χ3v) is 2.90. The second-order valence-electron chi connectivity index (χ2n) is 4.57. The number of carbonyl (C=O) groups excluding carboxylic acids is 1. The SMILES string of the molecule is CN(Cc1cnn(C)c1)C(=O)c1ccc(C(=O)O)cc1. The first-order chi connectivity index (χ1) is 9.47. The van der Waals surface area contributed by atoms with Crippen molar-refractivity contribution in [3.8, 4) is 0 Å². The highest BCUT2D eigenvalue weighted by molar-refractivity contribution is 5.95. The number of carbonyl (C=O) groups is 2. The van der Waals surface area contributed by atoms with Gasteiger partial charge >= 0.3 is 5.97 Å².